The molecule has 14 heteroatoms. The van der Waals surface area contributed by atoms with Crippen molar-refractivity contribution in [1.29, 1.82) is 0 Å². The van der Waals surface area contributed by atoms with E-state index in [0.29, 0.717) is 5.70 Å². The summed E-state index contributed by atoms with van der Waals surface area (Å²) in [5.41, 5.74) is -3.43. The molecule has 0 bridgehead atoms. The molecule has 1 aliphatic rings. The number of pyridine rings is 1. The number of halogens is 8. The Morgan fingerprint density at radius 2 is 1.81 bits per heavy atom. The van der Waals surface area contributed by atoms with E-state index in [1.807, 2.05) is 13.2 Å². The second-order valence-corrected chi connectivity index (χ2v) is 10.8. The molecule has 1 aliphatic heterocycles. The minimum absolute atomic E-state index is 0.0479. The first-order chi connectivity index (χ1) is 19.6. The standard InChI is InChI=1S/C28H29F8N3O2S/c1-16(17(2)42-3)37-15-22-21(23-10-5-18(14-38-23)24(29)30)13-26(28(34,35)36,39-25(22)40)19-6-8-20(9-7-19)41-12-4-11-27(31,32)33/h5-10,14,17,24,37H,1,4,11-13,15H2,2-3H3,(H,39,40)/t17?,26-/m0/s1. The number of aromatic nitrogens is 1. The van der Waals surface area contributed by atoms with Gasteiger partial charge in [0.1, 0.15) is 5.75 Å². The number of thioether (sulfide) groups is 1. The third-order valence-electron chi connectivity index (χ3n) is 6.80. The molecule has 2 aromatic rings. The smallest absolute Gasteiger partial charge is 0.416 e. The van der Waals surface area contributed by atoms with Crippen molar-refractivity contribution in [3.63, 3.8) is 0 Å². The molecule has 1 unspecified atom stereocenters. The lowest BCUT2D eigenvalue weighted by Crippen LogP contribution is -2.59. The Balaban J connectivity index is 2.00. The number of nitrogens with one attached hydrogen (secondary N) is 2. The number of amides is 1. The summed E-state index contributed by atoms with van der Waals surface area (Å²) in [6.45, 7) is 5.25. The quantitative estimate of drug-likeness (QED) is 0.192. The van der Waals surface area contributed by atoms with E-state index in [1.54, 1.807) is 0 Å². The molecule has 0 fully saturated rings. The molecule has 1 aromatic carbocycles. The number of carbonyl (C=O) groups excluding carboxylic acids is 1. The maximum Gasteiger partial charge on any atom is 0.416 e. The number of benzene rings is 1. The van der Waals surface area contributed by atoms with Gasteiger partial charge in [0.15, 0.2) is 5.54 Å². The topological polar surface area (TPSA) is 63.3 Å². The summed E-state index contributed by atoms with van der Waals surface area (Å²) in [4.78, 5) is 17.3. The van der Waals surface area contributed by atoms with Gasteiger partial charge in [0.25, 0.3) is 6.43 Å². The second kappa shape index (κ2) is 13.3. The lowest BCUT2D eigenvalue weighted by Gasteiger charge is -2.41. The minimum Gasteiger partial charge on any atom is -0.494 e. The van der Waals surface area contributed by atoms with Crippen LogP contribution in [0.5, 0.6) is 5.75 Å². The number of ether oxygens (including phenoxy) is 1. The maximum atomic E-state index is 14.8. The first-order valence-corrected chi connectivity index (χ1v) is 14.0. The molecular weight excluding hydrogens is 594 g/mol. The summed E-state index contributed by atoms with van der Waals surface area (Å²) >= 11 is 1.46. The Labute approximate surface area is 241 Å². The zero-order valence-corrected chi connectivity index (χ0v) is 23.5. The highest BCUT2D eigenvalue weighted by molar-refractivity contribution is 7.99. The average Bonchev–Trinajstić information content (AvgIpc) is 2.93. The third-order valence-corrected chi connectivity index (χ3v) is 7.79. The van der Waals surface area contributed by atoms with Crippen molar-refractivity contribution in [1.82, 2.24) is 15.6 Å². The highest BCUT2D eigenvalue weighted by Gasteiger charge is 2.59. The number of nitrogens with zero attached hydrogens (tertiary/aromatic N) is 1. The van der Waals surface area contributed by atoms with E-state index in [9.17, 15) is 39.9 Å². The Kier molecular flexibility index (Phi) is 10.6. The van der Waals surface area contributed by atoms with E-state index in [2.05, 4.69) is 22.2 Å². The van der Waals surface area contributed by atoms with Gasteiger partial charge in [-0.1, -0.05) is 18.7 Å². The Bertz CT molecular complexity index is 1280. The fourth-order valence-corrected chi connectivity index (χ4v) is 4.63. The van der Waals surface area contributed by atoms with Crippen LogP contribution in [0.3, 0.4) is 0 Å². The monoisotopic (exact) mass is 623 g/mol. The zero-order valence-electron chi connectivity index (χ0n) is 22.6. The second-order valence-electron chi connectivity index (χ2n) is 9.62. The molecule has 1 aromatic heterocycles. The van der Waals surface area contributed by atoms with Gasteiger partial charge in [-0.25, -0.2) is 8.78 Å². The number of rotatable bonds is 12. The van der Waals surface area contributed by atoms with Gasteiger partial charge in [-0.3, -0.25) is 9.78 Å². The summed E-state index contributed by atoms with van der Waals surface area (Å²) in [7, 11) is 0. The van der Waals surface area contributed by atoms with Crippen molar-refractivity contribution in [2.45, 2.75) is 55.8 Å². The van der Waals surface area contributed by atoms with E-state index < -0.39 is 48.6 Å². The molecule has 5 nitrogen and oxygen atoms in total. The van der Waals surface area contributed by atoms with Crippen LogP contribution >= 0.6 is 11.8 Å². The van der Waals surface area contributed by atoms with Gasteiger partial charge in [-0.15, -0.1) is 0 Å². The van der Waals surface area contributed by atoms with Crippen molar-refractivity contribution in [2.24, 2.45) is 0 Å². The average molecular weight is 624 g/mol. The lowest BCUT2D eigenvalue weighted by molar-refractivity contribution is -0.201. The molecule has 2 N–H and O–H groups in total. The van der Waals surface area contributed by atoms with Gasteiger partial charge in [0.2, 0.25) is 5.91 Å². The molecule has 42 heavy (non-hydrogen) atoms. The normalized spacial score (nSPS) is 18.6. The summed E-state index contributed by atoms with van der Waals surface area (Å²) in [6.07, 6.45) is -11.8. The first-order valence-electron chi connectivity index (χ1n) is 12.7. The van der Waals surface area contributed by atoms with E-state index >= 15 is 0 Å². The van der Waals surface area contributed by atoms with Crippen LogP contribution in [-0.4, -0.2) is 47.9 Å². The molecule has 0 spiro atoms. The predicted molar refractivity (Wildman–Crippen MR) is 144 cm³/mol. The summed E-state index contributed by atoms with van der Waals surface area (Å²) in [5, 5.41) is 4.99. The Hall–Kier alpha value is -3.29. The molecular formula is C28H29F8N3O2S. The largest absolute Gasteiger partial charge is 0.494 e. The van der Waals surface area contributed by atoms with Crippen molar-refractivity contribution >= 4 is 23.2 Å². The molecule has 230 valence electrons. The van der Waals surface area contributed by atoms with E-state index in [-0.39, 0.29) is 53.0 Å². The number of carbonyl (C=O) groups is 1. The van der Waals surface area contributed by atoms with Crippen molar-refractivity contribution in [3.8, 4) is 5.75 Å². The van der Waals surface area contributed by atoms with Crippen molar-refractivity contribution in [2.75, 3.05) is 19.4 Å². The van der Waals surface area contributed by atoms with Gasteiger partial charge in [0.05, 0.1) is 12.3 Å². The molecule has 3 rings (SSSR count). The maximum absolute atomic E-state index is 14.8. The Morgan fingerprint density at radius 1 is 1.14 bits per heavy atom. The van der Waals surface area contributed by atoms with Crippen LogP contribution in [0, 0.1) is 0 Å². The summed E-state index contributed by atoms with van der Waals surface area (Å²) < 4.78 is 113. The van der Waals surface area contributed by atoms with Crippen LogP contribution in [0.2, 0.25) is 0 Å². The molecule has 2 heterocycles. The molecule has 0 radical (unpaired) electrons. The fourth-order valence-electron chi connectivity index (χ4n) is 4.26. The summed E-state index contributed by atoms with van der Waals surface area (Å²) in [6, 6.07) is 6.67. The minimum atomic E-state index is -5.03. The van der Waals surface area contributed by atoms with Crippen LogP contribution < -0.4 is 15.4 Å². The zero-order chi connectivity index (χ0) is 31.3. The van der Waals surface area contributed by atoms with Crippen molar-refractivity contribution < 1.29 is 44.7 Å². The molecule has 0 saturated heterocycles. The Morgan fingerprint density at radius 3 is 2.33 bits per heavy atom. The number of hydrogen-bond acceptors (Lipinski definition) is 5. The predicted octanol–water partition coefficient (Wildman–Crippen LogP) is 7.33. The van der Waals surface area contributed by atoms with Gasteiger partial charge in [-0.05, 0) is 55.0 Å². The number of alkyl halides is 8. The SMILES string of the molecule is C=C(NCC1=C(c2ccc(C(F)F)cn2)C[C@](c2ccc(OCCCC(F)(F)F)cc2)(C(F)(F)F)NC1=O)C(C)SC. The van der Waals surface area contributed by atoms with E-state index in [0.717, 1.165) is 30.5 Å². The molecule has 0 saturated carbocycles. The fraction of sp³-hybridized carbons (Fsp3) is 0.429. The molecule has 0 aliphatic carbocycles. The van der Waals surface area contributed by atoms with E-state index in [1.165, 1.54) is 23.9 Å². The lowest BCUT2D eigenvalue weighted by atomic mass is 9.77. The number of hydrogen-bond donors (Lipinski definition) is 2. The van der Waals surface area contributed by atoms with Crippen LogP contribution in [0.1, 0.15) is 49.4 Å². The van der Waals surface area contributed by atoms with Crippen LogP contribution in [0.4, 0.5) is 35.1 Å². The van der Waals surface area contributed by atoms with Crippen LogP contribution in [-0.2, 0) is 10.3 Å². The van der Waals surface area contributed by atoms with Crippen molar-refractivity contribution in [3.05, 3.63) is 77.3 Å². The highest BCUT2D eigenvalue weighted by Crippen LogP contribution is 2.48. The van der Waals surface area contributed by atoms with Gasteiger partial charge >= 0.3 is 12.4 Å². The van der Waals surface area contributed by atoms with Gasteiger partial charge < -0.3 is 15.4 Å². The van der Waals surface area contributed by atoms with Gasteiger partial charge in [-0.2, -0.15) is 38.1 Å². The van der Waals surface area contributed by atoms with E-state index in [4.69, 9.17) is 4.74 Å². The molecule has 2 atom stereocenters. The highest BCUT2D eigenvalue weighted by atomic mass is 32.2. The summed E-state index contributed by atoms with van der Waals surface area (Å²) in [5.74, 6) is -0.996. The third kappa shape index (κ3) is 7.96. The van der Waals surface area contributed by atoms with Crippen LogP contribution in [0.15, 0.2) is 60.4 Å². The van der Waals surface area contributed by atoms with Crippen LogP contribution in [0.25, 0.3) is 5.57 Å². The molecule has 1 amide bonds. The first kappa shape index (κ1) is 33.2. The van der Waals surface area contributed by atoms with Gasteiger partial charge in [0, 0.05) is 47.7 Å².